The zero-order valence-corrected chi connectivity index (χ0v) is 19.3. The molecule has 0 radical (unpaired) electrons. The molecule has 10 heteroatoms. The highest BCUT2D eigenvalue weighted by Crippen LogP contribution is 2.46. The molecule has 0 aliphatic heterocycles. The highest BCUT2D eigenvalue weighted by molar-refractivity contribution is 7.92. The van der Waals surface area contributed by atoms with Gasteiger partial charge in [0.25, 0.3) is 0 Å². The molecule has 0 aliphatic rings. The first-order valence-electron chi connectivity index (χ1n) is 10.3. The number of phenols is 1. The van der Waals surface area contributed by atoms with E-state index < -0.39 is 10.0 Å². The van der Waals surface area contributed by atoms with E-state index in [0.29, 0.717) is 23.0 Å². The quantitative estimate of drug-likeness (QED) is 0.429. The molecule has 0 aliphatic carbocycles. The number of hydrogen-bond donors (Lipinski definition) is 2. The van der Waals surface area contributed by atoms with Gasteiger partial charge in [-0.2, -0.15) is 0 Å². The molecule has 0 fully saturated rings. The minimum atomic E-state index is -3.71. The molecule has 4 rings (SSSR count). The normalized spacial score (nSPS) is 12.2. The molecule has 33 heavy (non-hydrogen) atoms. The van der Waals surface area contributed by atoms with Crippen LogP contribution in [0.1, 0.15) is 5.56 Å². The average Bonchev–Trinajstić information content (AvgIpc) is 3.07. The number of benzene rings is 2. The van der Waals surface area contributed by atoms with Gasteiger partial charge in [-0.1, -0.05) is 12.1 Å². The van der Waals surface area contributed by atoms with Gasteiger partial charge in [0.05, 0.1) is 23.9 Å². The lowest BCUT2D eigenvalue weighted by molar-refractivity contribution is 0.420. The standard InChI is InChI=1S/C23H25FN4O4S/c1-26(2)11-12-28(33(3,31)32)21-17-5-4-10-25-20(17)22(29)19-18(21)14-27(23(19)30)13-15-6-8-16(24)9-7-15/h4-10,14,29-30H,11-13H2,1-3H3. The van der Waals surface area contributed by atoms with E-state index in [1.54, 1.807) is 30.5 Å². The minimum Gasteiger partial charge on any atom is -0.505 e. The molecule has 0 atom stereocenters. The maximum absolute atomic E-state index is 13.3. The number of fused-ring (bicyclic) bond motifs is 2. The zero-order chi connectivity index (χ0) is 23.9. The molecule has 8 nitrogen and oxygen atoms in total. The SMILES string of the molecule is CN(C)CCN(c1c2cccnc2c(O)c2c(O)n(Cc3ccc(F)cc3)cc12)S(C)(=O)=O. The summed E-state index contributed by atoms with van der Waals surface area (Å²) in [6, 6.07) is 9.20. The van der Waals surface area contributed by atoms with Crippen LogP contribution < -0.4 is 4.31 Å². The Morgan fingerprint density at radius 3 is 2.39 bits per heavy atom. The smallest absolute Gasteiger partial charge is 0.232 e. The largest absolute Gasteiger partial charge is 0.505 e. The number of phenolic OH excluding ortho intramolecular Hbond substituents is 1. The van der Waals surface area contributed by atoms with Crippen molar-refractivity contribution in [3.63, 3.8) is 0 Å². The maximum Gasteiger partial charge on any atom is 0.232 e. The monoisotopic (exact) mass is 472 g/mol. The third kappa shape index (κ3) is 4.31. The van der Waals surface area contributed by atoms with E-state index in [9.17, 15) is 23.0 Å². The lowest BCUT2D eigenvalue weighted by atomic mass is 10.1. The molecular weight excluding hydrogens is 447 g/mol. The molecule has 2 N–H and O–H groups in total. The topological polar surface area (TPSA) is 98.9 Å². The predicted octanol–water partition coefficient (Wildman–Crippen LogP) is 3.12. The summed E-state index contributed by atoms with van der Waals surface area (Å²) in [5.74, 6) is -0.843. The second-order valence-corrected chi connectivity index (χ2v) is 10.1. The number of rotatable bonds is 7. The van der Waals surface area contributed by atoms with E-state index in [1.807, 2.05) is 19.0 Å². The molecule has 174 valence electrons. The van der Waals surface area contributed by atoms with Crippen molar-refractivity contribution in [3.8, 4) is 11.6 Å². The van der Waals surface area contributed by atoms with E-state index in [4.69, 9.17) is 0 Å². The highest BCUT2D eigenvalue weighted by atomic mass is 32.2. The third-order valence-electron chi connectivity index (χ3n) is 5.50. The third-order valence-corrected chi connectivity index (χ3v) is 6.66. The van der Waals surface area contributed by atoms with Gasteiger partial charge in [-0.15, -0.1) is 0 Å². The molecule has 2 aromatic heterocycles. The first-order valence-corrected chi connectivity index (χ1v) is 12.1. The summed E-state index contributed by atoms with van der Waals surface area (Å²) in [6.45, 7) is 0.819. The minimum absolute atomic E-state index is 0.108. The summed E-state index contributed by atoms with van der Waals surface area (Å²) in [4.78, 5) is 6.12. The molecule has 4 aromatic rings. The van der Waals surface area contributed by atoms with Gasteiger partial charge in [0.1, 0.15) is 11.3 Å². The second kappa shape index (κ2) is 8.53. The molecule has 0 amide bonds. The van der Waals surface area contributed by atoms with Crippen LogP contribution in [-0.2, 0) is 16.6 Å². The summed E-state index contributed by atoms with van der Waals surface area (Å²) >= 11 is 0. The Labute approximate surface area is 191 Å². The predicted molar refractivity (Wildman–Crippen MR) is 127 cm³/mol. The van der Waals surface area contributed by atoms with Crippen molar-refractivity contribution in [2.75, 3.05) is 37.7 Å². The Morgan fingerprint density at radius 2 is 1.76 bits per heavy atom. The molecular formula is C23H25FN4O4S. The van der Waals surface area contributed by atoms with Crippen LogP contribution in [0.4, 0.5) is 10.1 Å². The summed E-state index contributed by atoms with van der Waals surface area (Å²) in [6.07, 6.45) is 4.22. The fraction of sp³-hybridized carbons (Fsp3) is 0.261. The van der Waals surface area contributed by atoms with Crippen LogP contribution in [0.25, 0.3) is 21.7 Å². The van der Waals surface area contributed by atoms with Gasteiger partial charge in [-0.3, -0.25) is 9.29 Å². The van der Waals surface area contributed by atoms with Crippen molar-refractivity contribution in [2.45, 2.75) is 6.54 Å². The van der Waals surface area contributed by atoms with E-state index >= 15 is 0 Å². The fourth-order valence-electron chi connectivity index (χ4n) is 3.92. The zero-order valence-electron chi connectivity index (χ0n) is 18.5. The van der Waals surface area contributed by atoms with Crippen LogP contribution in [0.2, 0.25) is 0 Å². The van der Waals surface area contributed by atoms with Crippen molar-refractivity contribution < 1.29 is 23.0 Å². The summed E-state index contributed by atoms with van der Waals surface area (Å²) in [7, 11) is -0.0224. The summed E-state index contributed by atoms with van der Waals surface area (Å²) in [5, 5.41) is 22.9. The van der Waals surface area contributed by atoms with E-state index in [0.717, 1.165) is 11.8 Å². The number of likely N-dealkylation sites (N-methyl/N-ethyl adjacent to an activating group) is 1. The van der Waals surface area contributed by atoms with Gasteiger partial charge >= 0.3 is 0 Å². The molecule has 0 unspecified atom stereocenters. The number of halogens is 1. The van der Waals surface area contributed by atoms with Crippen LogP contribution in [0, 0.1) is 5.82 Å². The number of aromatic hydroxyl groups is 2. The molecule has 0 spiro atoms. The van der Waals surface area contributed by atoms with Gasteiger partial charge in [0.15, 0.2) is 5.75 Å². The number of aromatic nitrogens is 2. The summed E-state index contributed by atoms with van der Waals surface area (Å²) in [5.41, 5.74) is 1.25. The lowest BCUT2D eigenvalue weighted by Crippen LogP contribution is -2.36. The van der Waals surface area contributed by atoms with Gasteiger partial charge in [0, 0.05) is 36.3 Å². The van der Waals surface area contributed by atoms with Crippen molar-refractivity contribution in [1.29, 1.82) is 0 Å². The van der Waals surface area contributed by atoms with Crippen molar-refractivity contribution in [3.05, 3.63) is 60.2 Å². The van der Waals surface area contributed by atoms with Gasteiger partial charge in [0.2, 0.25) is 15.9 Å². The van der Waals surface area contributed by atoms with E-state index in [1.165, 1.54) is 27.2 Å². The van der Waals surface area contributed by atoms with E-state index in [-0.39, 0.29) is 41.4 Å². The second-order valence-electron chi connectivity index (χ2n) is 8.23. The van der Waals surface area contributed by atoms with Crippen LogP contribution in [-0.4, -0.2) is 66.5 Å². The van der Waals surface area contributed by atoms with Gasteiger partial charge in [-0.25, -0.2) is 12.8 Å². The first kappa shape index (κ1) is 22.8. The number of anilines is 1. The number of sulfonamides is 1. The van der Waals surface area contributed by atoms with Crippen molar-refractivity contribution in [2.24, 2.45) is 0 Å². The van der Waals surface area contributed by atoms with Crippen LogP contribution in [0.3, 0.4) is 0 Å². The van der Waals surface area contributed by atoms with E-state index in [2.05, 4.69) is 4.98 Å². The molecule has 0 saturated carbocycles. The average molecular weight is 473 g/mol. The number of nitrogens with zero attached hydrogens (tertiary/aromatic N) is 4. The Morgan fingerprint density at radius 1 is 1.06 bits per heavy atom. The van der Waals surface area contributed by atoms with Crippen LogP contribution >= 0.6 is 0 Å². The highest BCUT2D eigenvalue weighted by Gasteiger charge is 2.28. The van der Waals surface area contributed by atoms with Crippen LogP contribution in [0.5, 0.6) is 11.6 Å². The Balaban J connectivity index is 2.01. The number of pyridine rings is 1. The van der Waals surface area contributed by atoms with Crippen molar-refractivity contribution >= 4 is 37.4 Å². The molecule has 2 aromatic carbocycles. The lowest BCUT2D eigenvalue weighted by Gasteiger charge is -2.26. The molecule has 2 heterocycles. The Bertz CT molecular complexity index is 1430. The molecule has 0 saturated heterocycles. The van der Waals surface area contributed by atoms with Gasteiger partial charge < -0.3 is 19.7 Å². The van der Waals surface area contributed by atoms with Crippen molar-refractivity contribution in [1.82, 2.24) is 14.5 Å². The Kier molecular flexibility index (Phi) is 5.89. The molecule has 0 bridgehead atoms. The van der Waals surface area contributed by atoms with Gasteiger partial charge in [-0.05, 0) is 43.9 Å². The summed E-state index contributed by atoms with van der Waals surface area (Å²) < 4.78 is 41.8. The maximum atomic E-state index is 13.3. The van der Waals surface area contributed by atoms with Crippen LogP contribution in [0.15, 0.2) is 48.8 Å². The fourth-order valence-corrected chi connectivity index (χ4v) is 4.86. The first-order chi connectivity index (χ1) is 15.6. The Hall–Kier alpha value is -3.37. The number of hydrogen-bond acceptors (Lipinski definition) is 6.